The molecule has 0 radical (unpaired) electrons. The van der Waals surface area contributed by atoms with Crippen LogP contribution in [0, 0.1) is 6.92 Å². The quantitative estimate of drug-likeness (QED) is 0.666. The maximum atomic E-state index is 12.6. The molecular formula is C23H29ClN2O2. The zero-order valence-electron chi connectivity index (χ0n) is 16.7. The molecule has 1 heterocycles. The number of rotatable bonds is 8. The van der Waals surface area contributed by atoms with Crippen molar-refractivity contribution >= 4 is 17.5 Å². The van der Waals surface area contributed by atoms with Crippen molar-refractivity contribution in [2.45, 2.75) is 38.8 Å². The van der Waals surface area contributed by atoms with Gasteiger partial charge in [0, 0.05) is 31.8 Å². The average Bonchev–Trinajstić information content (AvgIpc) is 3.15. The molecule has 0 bridgehead atoms. The standard InChI is InChI=1S/C23H29ClN2O2/c1-17-9-10-20(15-21(17)24)19-7-3-6-18(14-19)16-26-12-4-8-22(26)23(27)25-11-5-13-28-2/h3,6-7,9-10,14-15,22H,4-5,8,11-13,16H2,1-2H3,(H,25,27). The lowest BCUT2D eigenvalue weighted by molar-refractivity contribution is -0.125. The molecule has 150 valence electrons. The average molecular weight is 401 g/mol. The van der Waals surface area contributed by atoms with Gasteiger partial charge in [-0.05, 0) is 67.1 Å². The topological polar surface area (TPSA) is 41.6 Å². The van der Waals surface area contributed by atoms with Gasteiger partial charge in [0.25, 0.3) is 0 Å². The van der Waals surface area contributed by atoms with E-state index in [-0.39, 0.29) is 11.9 Å². The van der Waals surface area contributed by atoms with Crippen LogP contribution >= 0.6 is 11.6 Å². The number of nitrogens with one attached hydrogen (secondary N) is 1. The number of benzene rings is 2. The maximum absolute atomic E-state index is 12.6. The highest BCUT2D eigenvalue weighted by atomic mass is 35.5. The molecule has 3 rings (SSSR count). The van der Waals surface area contributed by atoms with Gasteiger partial charge in [0.1, 0.15) is 0 Å². The fraction of sp³-hybridized carbons (Fsp3) is 0.435. The third-order valence-corrected chi connectivity index (χ3v) is 5.72. The van der Waals surface area contributed by atoms with E-state index in [0.717, 1.165) is 54.1 Å². The largest absolute Gasteiger partial charge is 0.385 e. The molecule has 1 atom stereocenters. The Bertz CT molecular complexity index is 809. The fourth-order valence-corrected chi connectivity index (χ4v) is 3.89. The number of halogens is 1. The molecular weight excluding hydrogens is 372 g/mol. The number of nitrogens with zero attached hydrogens (tertiary/aromatic N) is 1. The number of ether oxygens (including phenoxy) is 1. The normalized spacial score (nSPS) is 17.0. The molecule has 0 aromatic heterocycles. The zero-order valence-corrected chi connectivity index (χ0v) is 17.5. The van der Waals surface area contributed by atoms with Gasteiger partial charge in [-0.3, -0.25) is 9.69 Å². The van der Waals surface area contributed by atoms with Crippen LogP contribution in [0.1, 0.15) is 30.4 Å². The summed E-state index contributed by atoms with van der Waals surface area (Å²) in [5, 5.41) is 3.83. The van der Waals surface area contributed by atoms with E-state index >= 15 is 0 Å². The summed E-state index contributed by atoms with van der Waals surface area (Å²) in [6.45, 7) is 5.09. The van der Waals surface area contributed by atoms with Gasteiger partial charge in [-0.1, -0.05) is 41.9 Å². The number of carbonyl (C=O) groups excluding carboxylic acids is 1. The van der Waals surface area contributed by atoms with E-state index in [0.29, 0.717) is 13.2 Å². The van der Waals surface area contributed by atoms with E-state index in [1.165, 1.54) is 5.56 Å². The molecule has 1 aliphatic heterocycles. The first-order chi connectivity index (χ1) is 13.6. The van der Waals surface area contributed by atoms with Gasteiger partial charge in [-0.2, -0.15) is 0 Å². The van der Waals surface area contributed by atoms with Crippen LogP contribution in [0.5, 0.6) is 0 Å². The van der Waals surface area contributed by atoms with E-state index in [1.807, 2.05) is 13.0 Å². The van der Waals surface area contributed by atoms with Crippen LogP contribution < -0.4 is 5.32 Å². The van der Waals surface area contributed by atoms with Gasteiger partial charge in [0.05, 0.1) is 6.04 Å². The summed E-state index contributed by atoms with van der Waals surface area (Å²) in [4.78, 5) is 14.8. The predicted octanol–water partition coefficient (Wildman–Crippen LogP) is 4.43. The highest BCUT2D eigenvalue weighted by molar-refractivity contribution is 6.31. The van der Waals surface area contributed by atoms with Crippen LogP contribution in [0.2, 0.25) is 5.02 Å². The molecule has 5 heteroatoms. The molecule has 0 saturated carbocycles. The van der Waals surface area contributed by atoms with Crippen molar-refractivity contribution in [1.29, 1.82) is 0 Å². The summed E-state index contributed by atoms with van der Waals surface area (Å²) >= 11 is 6.30. The second-order valence-corrected chi connectivity index (χ2v) is 7.84. The van der Waals surface area contributed by atoms with E-state index in [2.05, 4.69) is 46.6 Å². The second kappa shape index (κ2) is 10.1. The molecule has 28 heavy (non-hydrogen) atoms. The maximum Gasteiger partial charge on any atom is 0.237 e. The Kier molecular flexibility index (Phi) is 7.49. The molecule has 1 N–H and O–H groups in total. The first-order valence-electron chi connectivity index (χ1n) is 9.94. The number of aryl methyl sites for hydroxylation is 1. The van der Waals surface area contributed by atoms with Crippen molar-refractivity contribution < 1.29 is 9.53 Å². The second-order valence-electron chi connectivity index (χ2n) is 7.43. The summed E-state index contributed by atoms with van der Waals surface area (Å²) in [5.41, 5.74) is 4.57. The number of carbonyl (C=O) groups is 1. The van der Waals surface area contributed by atoms with Crippen LogP contribution in [-0.4, -0.2) is 43.7 Å². The third kappa shape index (κ3) is 5.34. The Hall–Kier alpha value is -1.88. The monoisotopic (exact) mass is 400 g/mol. The van der Waals surface area contributed by atoms with Crippen LogP contribution in [0.4, 0.5) is 0 Å². The Morgan fingerprint density at radius 2 is 2.07 bits per heavy atom. The van der Waals surface area contributed by atoms with Crippen LogP contribution in [0.25, 0.3) is 11.1 Å². The lowest BCUT2D eigenvalue weighted by Crippen LogP contribution is -2.43. The van der Waals surface area contributed by atoms with Crippen molar-refractivity contribution in [3.8, 4) is 11.1 Å². The fourth-order valence-electron chi connectivity index (χ4n) is 3.71. The smallest absolute Gasteiger partial charge is 0.237 e. The molecule has 2 aromatic rings. The highest BCUT2D eigenvalue weighted by Crippen LogP contribution is 2.27. The predicted molar refractivity (Wildman–Crippen MR) is 115 cm³/mol. The van der Waals surface area contributed by atoms with Crippen molar-refractivity contribution in [1.82, 2.24) is 10.2 Å². The van der Waals surface area contributed by atoms with E-state index in [1.54, 1.807) is 7.11 Å². The Balaban J connectivity index is 1.65. The Labute approximate surface area is 172 Å². The third-order valence-electron chi connectivity index (χ3n) is 5.31. The highest BCUT2D eigenvalue weighted by Gasteiger charge is 2.30. The number of hydrogen-bond acceptors (Lipinski definition) is 3. The molecule has 1 saturated heterocycles. The Morgan fingerprint density at radius 1 is 1.25 bits per heavy atom. The van der Waals surface area contributed by atoms with Crippen molar-refractivity contribution in [3.63, 3.8) is 0 Å². The van der Waals surface area contributed by atoms with Gasteiger partial charge >= 0.3 is 0 Å². The molecule has 4 nitrogen and oxygen atoms in total. The first kappa shape index (κ1) is 20.8. The summed E-state index contributed by atoms with van der Waals surface area (Å²) in [7, 11) is 1.68. The lowest BCUT2D eigenvalue weighted by Gasteiger charge is -2.24. The van der Waals surface area contributed by atoms with Gasteiger partial charge in [0.2, 0.25) is 5.91 Å². The molecule has 1 unspecified atom stereocenters. The molecule has 0 aliphatic carbocycles. The Morgan fingerprint density at radius 3 is 2.86 bits per heavy atom. The number of hydrogen-bond donors (Lipinski definition) is 1. The van der Waals surface area contributed by atoms with Gasteiger partial charge in [-0.15, -0.1) is 0 Å². The van der Waals surface area contributed by atoms with E-state index < -0.39 is 0 Å². The number of likely N-dealkylation sites (tertiary alicyclic amines) is 1. The SMILES string of the molecule is COCCCNC(=O)C1CCCN1Cc1cccc(-c2ccc(C)c(Cl)c2)c1. The lowest BCUT2D eigenvalue weighted by atomic mass is 10.0. The molecule has 1 aliphatic rings. The van der Waals surface area contributed by atoms with Crippen LogP contribution in [0.3, 0.4) is 0 Å². The number of amides is 1. The summed E-state index contributed by atoms with van der Waals surface area (Å²) < 4.78 is 5.04. The zero-order chi connectivity index (χ0) is 19.9. The molecule has 0 spiro atoms. The molecule has 1 fully saturated rings. The van der Waals surface area contributed by atoms with Gasteiger partial charge in [-0.25, -0.2) is 0 Å². The number of methoxy groups -OCH3 is 1. The van der Waals surface area contributed by atoms with Gasteiger partial charge in [0.15, 0.2) is 0 Å². The first-order valence-corrected chi connectivity index (χ1v) is 10.3. The minimum atomic E-state index is -0.0416. The van der Waals surface area contributed by atoms with Crippen molar-refractivity contribution in [2.24, 2.45) is 0 Å². The van der Waals surface area contributed by atoms with Crippen LogP contribution in [-0.2, 0) is 16.1 Å². The molecule has 2 aromatic carbocycles. The molecule has 1 amide bonds. The summed E-state index contributed by atoms with van der Waals surface area (Å²) in [6, 6.07) is 14.6. The minimum Gasteiger partial charge on any atom is -0.385 e. The van der Waals surface area contributed by atoms with E-state index in [9.17, 15) is 4.79 Å². The van der Waals surface area contributed by atoms with Crippen LogP contribution in [0.15, 0.2) is 42.5 Å². The van der Waals surface area contributed by atoms with Crippen molar-refractivity contribution in [3.05, 3.63) is 58.6 Å². The summed E-state index contributed by atoms with van der Waals surface area (Å²) in [6.07, 6.45) is 2.82. The minimum absolute atomic E-state index is 0.0416. The van der Waals surface area contributed by atoms with E-state index in [4.69, 9.17) is 16.3 Å². The van der Waals surface area contributed by atoms with Gasteiger partial charge < -0.3 is 10.1 Å². The van der Waals surface area contributed by atoms with Crippen molar-refractivity contribution in [2.75, 3.05) is 26.8 Å². The summed E-state index contributed by atoms with van der Waals surface area (Å²) in [5.74, 6) is 0.134.